The maximum absolute atomic E-state index is 4.00. The lowest BCUT2D eigenvalue weighted by Crippen LogP contribution is -0.399. The van der Waals surface area contributed by atoms with Crippen molar-refractivity contribution in [3.05, 3.63) is 0 Å². The number of hydrogen-bond acceptors (Lipinski definition) is 1. The maximum Gasteiger partial charge on any atom is 0.153 e. The van der Waals surface area contributed by atoms with E-state index in [1.807, 2.05) is 8.02 Å². The van der Waals surface area contributed by atoms with Gasteiger partial charge in [0, 0.05) is 0 Å². The molecule has 0 aromatic heterocycles. The first kappa shape index (κ1) is 32.5. The Hall–Kier alpha value is 1.39. The van der Waals surface area contributed by atoms with E-state index in [1.54, 1.807) is 0 Å². The lowest BCUT2D eigenvalue weighted by atomic mass is 30.6. The molecular weight excluding hydrogens is 169 g/mol. The van der Waals surface area contributed by atoms with Gasteiger partial charge in [-0.2, -0.15) is 0 Å². The molecule has 0 aliphatic heterocycles. The van der Waals surface area contributed by atoms with Crippen LogP contribution < -0.4 is 0 Å². The van der Waals surface area contributed by atoms with E-state index in [0.717, 1.165) is 0 Å². The molecule has 5 heteroatoms. The SMILES string of the molecule is Cl.Cl.Cl.[PH2+]=S. The van der Waals surface area contributed by atoms with Crippen molar-refractivity contribution in [2.75, 3.05) is 0 Å². The van der Waals surface area contributed by atoms with Gasteiger partial charge in [-0.1, -0.05) is 0 Å². The average molecular weight is 174 g/mol. The van der Waals surface area contributed by atoms with Crippen molar-refractivity contribution in [2.24, 2.45) is 0 Å². The highest BCUT2D eigenvalue weighted by Gasteiger charge is 0.856. The largest absolute Gasteiger partial charge is 0.153 e. The Kier molecular flexibility index (Phi) is 349. The van der Waals surface area contributed by atoms with E-state index in [4.69, 9.17) is 0 Å². The first-order valence-electron chi connectivity index (χ1n) is 0.236. The molecule has 0 aromatic carbocycles. The Balaban J connectivity index is -0.00000000167. The van der Waals surface area contributed by atoms with Crippen LogP contribution in [0.1, 0.15) is 0 Å². The lowest BCUT2D eigenvalue weighted by Gasteiger charge is -0.558. The topological polar surface area (TPSA) is 0 Å². The van der Waals surface area contributed by atoms with Gasteiger partial charge in [0.2, 0.25) is 0 Å². The predicted molar refractivity (Wildman–Crippen MR) is 38.8 cm³/mol. The van der Waals surface area contributed by atoms with Gasteiger partial charge in [-0.15, -0.1) is 37.2 Å². The smallest absolute Gasteiger partial charge is 0.147 e. The molecule has 0 heterocycles. The van der Waals surface area contributed by atoms with E-state index < -0.39 is 0 Å². The molecule has 1 unspecified atom stereocenters. The summed E-state index contributed by atoms with van der Waals surface area (Å²) < 4.78 is 0. The van der Waals surface area contributed by atoms with Gasteiger partial charge >= 0.3 is 0 Å². The Morgan fingerprint density at radius 1 is 0.800 bits per heavy atom. The van der Waals surface area contributed by atoms with Crippen LogP contribution in [-0.2, 0) is 11.8 Å². The summed E-state index contributed by atoms with van der Waals surface area (Å²) in [5.41, 5.74) is 0. The highest BCUT2D eigenvalue weighted by molar-refractivity contribution is 7.88. The molecule has 0 saturated carbocycles. The number of hydrogen-bond donors (Lipinski definition) is 0. The normalized spacial score (nSPS) is 0.800. The van der Waals surface area contributed by atoms with E-state index >= 15 is 0 Å². The van der Waals surface area contributed by atoms with Crippen LogP contribution in [0.25, 0.3) is 0 Å². The van der Waals surface area contributed by atoms with Gasteiger partial charge in [-0.05, 0) is 0 Å². The van der Waals surface area contributed by atoms with E-state index in [9.17, 15) is 0 Å². The van der Waals surface area contributed by atoms with Crippen molar-refractivity contribution < 1.29 is 0 Å². The van der Waals surface area contributed by atoms with Crippen LogP contribution in [0.3, 0.4) is 0 Å². The van der Waals surface area contributed by atoms with Crippen molar-refractivity contribution in [2.45, 2.75) is 0 Å². The van der Waals surface area contributed by atoms with Gasteiger partial charge in [0.15, 0.2) is 11.8 Å². The molecule has 5 heavy (non-hydrogen) atoms. The van der Waals surface area contributed by atoms with Crippen LogP contribution in [0.4, 0.5) is 0 Å². The summed E-state index contributed by atoms with van der Waals surface area (Å²) in [7, 11) is 2.00. The van der Waals surface area contributed by atoms with E-state index in [0.29, 0.717) is 0 Å². The van der Waals surface area contributed by atoms with Crippen LogP contribution in [0.2, 0.25) is 0 Å². The first-order valence-corrected chi connectivity index (χ1v) is 2.12. The van der Waals surface area contributed by atoms with Crippen molar-refractivity contribution >= 4 is 57.0 Å². The third-order valence-corrected chi connectivity index (χ3v) is 0. The number of rotatable bonds is 0. The van der Waals surface area contributed by atoms with Crippen molar-refractivity contribution in [3.63, 3.8) is 0 Å². The molecule has 36 valence electrons. The summed E-state index contributed by atoms with van der Waals surface area (Å²) in [6.07, 6.45) is 0. The zero-order valence-electron chi connectivity index (χ0n) is 2.21. The summed E-state index contributed by atoms with van der Waals surface area (Å²) in [6, 6.07) is 0. The van der Waals surface area contributed by atoms with Gasteiger partial charge in [0.1, 0.15) is 8.02 Å². The third-order valence-electron chi connectivity index (χ3n) is 0. The standard InChI is InChI=1S/3ClH.HPS/c;;;1-2/h3*1H;1H/p+1. The highest BCUT2D eigenvalue weighted by atomic mass is 35.5. The molecule has 0 N–H and O–H groups in total. The van der Waals surface area contributed by atoms with E-state index in [2.05, 4.69) is 11.8 Å². The van der Waals surface area contributed by atoms with Crippen LogP contribution in [0.15, 0.2) is 0 Å². The molecule has 0 rings (SSSR count). The van der Waals surface area contributed by atoms with Crippen molar-refractivity contribution in [1.29, 1.82) is 0 Å². The second-order valence-electron chi connectivity index (χ2n) is 0. The van der Waals surface area contributed by atoms with Crippen LogP contribution in [0, 0.1) is 0 Å². The van der Waals surface area contributed by atoms with Gasteiger partial charge in [0.25, 0.3) is 0 Å². The second kappa shape index (κ2) is 53.8. The molecule has 0 radical (unpaired) electrons. The predicted octanol–water partition coefficient (Wildman–Crippen LogP) is 1.59. The molecule has 0 spiro atoms. The number of halogens is 3. The molecule has 0 saturated heterocycles. The van der Waals surface area contributed by atoms with Gasteiger partial charge < -0.3 is 0 Å². The summed E-state index contributed by atoms with van der Waals surface area (Å²) >= 11 is 4.00. The molecule has 0 aromatic rings. The minimum absolute atomic E-state index is 0. The second-order valence-corrected chi connectivity index (χ2v) is 0. The fourth-order valence-corrected chi connectivity index (χ4v) is 0. The molecule has 0 amide bonds. The molecule has 1 atom stereocenters. The highest BCUT2D eigenvalue weighted by Crippen LogP contribution is 1.26. The Morgan fingerprint density at radius 2 is 0.800 bits per heavy atom. The average Bonchev–Trinajstić information content (AvgIpc) is 1.00. The Labute approximate surface area is 57.2 Å². The Bertz CT molecular complexity index is 6.85. The zero-order valence-corrected chi connectivity index (χ0v) is 6.63. The van der Waals surface area contributed by atoms with Gasteiger partial charge in [-0.25, -0.2) is 0 Å². The van der Waals surface area contributed by atoms with E-state index in [-0.39, 0.29) is 37.2 Å². The minimum Gasteiger partial charge on any atom is -0.147 e. The summed E-state index contributed by atoms with van der Waals surface area (Å²) in [6.45, 7) is 0. The molecule has 0 bridgehead atoms. The summed E-state index contributed by atoms with van der Waals surface area (Å²) in [5.74, 6) is 0. The molecule has 0 fully saturated rings. The summed E-state index contributed by atoms with van der Waals surface area (Å²) in [4.78, 5) is 0. The zero-order chi connectivity index (χ0) is 2.00. The molecular formula is H5Cl3PS+. The van der Waals surface area contributed by atoms with Crippen molar-refractivity contribution in [3.8, 4) is 0 Å². The monoisotopic (exact) mass is 173 g/mol. The maximum atomic E-state index is 4.00. The van der Waals surface area contributed by atoms with Crippen LogP contribution in [-0.4, -0.2) is 0 Å². The lowest BCUT2D eigenvalue weighted by molar-refractivity contribution is 5.85. The van der Waals surface area contributed by atoms with E-state index in [1.165, 1.54) is 0 Å². The fraction of sp³-hybridized carbons (Fsp3) is 0. The van der Waals surface area contributed by atoms with Crippen molar-refractivity contribution in [1.82, 2.24) is 0 Å². The minimum atomic E-state index is 0. The van der Waals surface area contributed by atoms with Crippen LogP contribution >= 0.6 is 45.2 Å². The fourth-order valence-electron chi connectivity index (χ4n) is 0. The van der Waals surface area contributed by atoms with Gasteiger partial charge in [-0.3, -0.25) is 0 Å². The quantitative estimate of drug-likeness (QED) is 0.503. The third kappa shape index (κ3) is 32.1. The molecule has 0 aliphatic carbocycles. The Morgan fingerprint density at radius 3 is 0.800 bits per heavy atom. The van der Waals surface area contributed by atoms with Crippen LogP contribution in [0.5, 0.6) is 0 Å². The molecule has 0 aliphatic rings. The first-order chi connectivity index (χ1) is 1.00. The molecule has 0 nitrogen and oxygen atoms in total. The summed E-state index contributed by atoms with van der Waals surface area (Å²) in [5, 5.41) is 0. The van der Waals surface area contributed by atoms with Gasteiger partial charge in [0.05, 0.1) is 0 Å².